The number of anilines is 2. The van der Waals surface area contributed by atoms with Crippen molar-refractivity contribution in [1.29, 1.82) is 0 Å². The molecular weight excluding hydrogens is 272 g/mol. The van der Waals surface area contributed by atoms with Gasteiger partial charge in [-0.05, 0) is 31.2 Å². The van der Waals surface area contributed by atoms with Crippen molar-refractivity contribution in [2.75, 3.05) is 24.7 Å². The first kappa shape index (κ1) is 14.6. The van der Waals surface area contributed by atoms with Crippen LogP contribution in [-0.2, 0) is 9.53 Å². The van der Waals surface area contributed by atoms with Crippen molar-refractivity contribution in [3.8, 4) is 17.0 Å². The van der Waals surface area contributed by atoms with Gasteiger partial charge >= 0.3 is 5.97 Å². The van der Waals surface area contributed by atoms with Gasteiger partial charge in [0.1, 0.15) is 5.75 Å². The van der Waals surface area contributed by atoms with E-state index in [-0.39, 0.29) is 12.6 Å². The predicted molar refractivity (Wildman–Crippen MR) is 78.4 cm³/mol. The van der Waals surface area contributed by atoms with Crippen LogP contribution in [0.2, 0.25) is 0 Å². The van der Waals surface area contributed by atoms with E-state index in [4.69, 9.17) is 20.9 Å². The summed E-state index contributed by atoms with van der Waals surface area (Å²) >= 11 is 0. The largest absolute Gasteiger partial charge is 0.482 e. The van der Waals surface area contributed by atoms with Gasteiger partial charge in [0, 0.05) is 5.56 Å². The van der Waals surface area contributed by atoms with Gasteiger partial charge in [0.15, 0.2) is 6.61 Å². The van der Waals surface area contributed by atoms with Crippen LogP contribution in [0.3, 0.4) is 0 Å². The zero-order chi connectivity index (χ0) is 15.2. The molecule has 21 heavy (non-hydrogen) atoms. The Labute approximate surface area is 121 Å². The topological polar surface area (TPSA) is 113 Å². The first-order valence-corrected chi connectivity index (χ1v) is 6.37. The fourth-order valence-electron chi connectivity index (χ4n) is 1.69. The van der Waals surface area contributed by atoms with Crippen LogP contribution in [-0.4, -0.2) is 29.2 Å². The molecule has 2 aromatic rings. The van der Waals surface area contributed by atoms with E-state index in [0.717, 1.165) is 5.56 Å². The Hall–Kier alpha value is -2.83. The second kappa shape index (κ2) is 6.56. The van der Waals surface area contributed by atoms with Crippen molar-refractivity contribution < 1.29 is 14.3 Å². The lowest BCUT2D eigenvalue weighted by molar-refractivity contribution is -0.145. The minimum Gasteiger partial charge on any atom is -0.482 e. The number of hydrogen-bond acceptors (Lipinski definition) is 7. The molecule has 0 aliphatic rings. The molecule has 1 aromatic heterocycles. The standard InChI is InChI=1S/C14H16N4O3/c1-2-20-12(19)8-21-10-5-3-9(4-6-10)13-11(15)7-17-14(16)18-13/h3-7H,2,8,15H2,1H3,(H2,16,17,18). The fourth-order valence-corrected chi connectivity index (χ4v) is 1.69. The van der Waals surface area contributed by atoms with E-state index in [1.165, 1.54) is 6.20 Å². The monoisotopic (exact) mass is 288 g/mol. The third kappa shape index (κ3) is 3.82. The number of nitrogens with zero attached hydrogens (tertiary/aromatic N) is 2. The number of aromatic nitrogens is 2. The molecule has 110 valence electrons. The first-order valence-electron chi connectivity index (χ1n) is 6.37. The van der Waals surface area contributed by atoms with Crippen LogP contribution >= 0.6 is 0 Å². The van der Waals surface area contributed by atoms with E-state index in [1.807, 2.05) is 0 Å². The Morgan fingerprint density at radius 1 is 1.24 bits per heavy atom. The molecule has 0 fully saturated rings. The van der Waals surface area contributed by atoms with Crippen LogP contribution in [0, 0.1) is 0 Å². The maximum Gasteiger partial charge on any atom is 0.344 e. The summed E-state index contributed by atoms with van der Waals surface area (Å²) in [7, 11) is 0. The van der Waals surface area contributed by atoms with Crippen molar-refractivity contribution in [1.82, 2.24) is 9.97 Å². The molecule has 0 radical (unpaired) electrons. The van der Waals surface area contributed by atoms with Gasteiger partial charge < -0.3 is 20.9 Å². The van der Waals surface area contributed by atoms with Crippen molar-refractivity contribution in [2.45, 2.75) is 6.92 Å². The Morgan fingerprint density at radius 2 is 1.95 bits per heavy atom. The molecule has 0 amide bonds. The SMILES string of the molecule is CCOC(=O)COc1ccc(-c2nc(N)ncc2N)cc1. The summed E-state index contributed by atoms with van der Waals surface area (Å²) < 4.78 is 10.1. The number of nitrogen functional groups attached to an aromatic ring is 2. The third-order valence-corrected chi connectivity index (χ3v) is 2.63. The van der Waals surface area contributed by atoms with Gasteiger partial charge in [-0.1, -0.05) is 0 Å². The van der Waals surface area contributed by atoms with Crippen LogP contribution < -0.4 is 16.2 Å². The van der Waals surface area contributed by atoms with Crippen LogP contribution in [0.25, 0.3) is 11.3 Å². The normalized spacial score (nSPS) is 10.1. The lowest BCUT2D eigenvalue weighted by Gasteiger charge is -2.08. The average Bonchev–Trinajstić information content (AvgIpc) is 2.49. The maximum atomic E-state index is 11.2. The highest BCUT2D eigenvalue weighted by molar-refractivity contribution is 5.73. The number of benzene rings is 1. The molecule has 7 heteroatoms. The zero-order valence-corrected chi connectivity index (χ0v) is 11.6. The number of hydrogen-bond donors (Lipinski definition) is 2. The summed E-state index contributed by atoms with van der Waals surface area (Å²) in [6.45, 7) is 1.94. The molecule has 1 aromatic carbocycles. The van der Waals surface area contributed by atoms with Gasteiger partial charge in [-0.3, -0.25) is 0 Å². The lowest BCUT2D eigenvalue weighted by Crippen LogP contribution is -2.14. The average molecular weight is 288 g/mol. The Morgan fingerprint density at radius 3 is 2.62 bits per heavy atom. The van der Waals surface area contributed by atoms with Gasteiger partial charge in [0.25, 0.3) is 0 Å². The highest BCUT2D eigenvalue weighted by Gasteiger charge is 2.07. The fraction of sp³-hybridized carbons (Fsp3) is 0.214. The molecule has 4 N–H and O–H groups in total. The Balaban J connectivity index is 2.08. The first-order chi connectivity index (χ1) is 10.1. The number of rotatable bonds is 5. The van der Waals surface area contributed by atoms with E-state index in [0.29, 0.717) is 23.7 Å². The summed E-state index contributed by atoms with van der Waals surface area (Å²) in [5.41, 5.74) is 13.1. The number of esters is 1. The van der Waals surface area contributed by atoms with E-state index in [9.17, 15) is 4.79 Å². The summed E-state index contributed by atoms with van der Waals surface area (Å²) in [6.07, 6.45) is 1.46. The molecule has 0 atom stereocenters. The second-order valence-electron chi connectivity index (χ2n) is 4.15. The molecule has 0 spiro atoms. The summed E-state index contributed by atoms with van der Waals surface area (Å²) in [4.78, 5) is 19.1. The Bertz CT molecular complexity index is 629. The molecule has 1 heterocycles. The van der Waals surface area contributed by atoms with E-state index in [2.05, 4.69) is 9.97 Å². The third-order valence-electron chi connectivity index (χ3n) is 2.63. The Kier molecular flexibility index (Phi) is 4.55. The van der Waals surface area contributed by atoms with Crippen molar-refractivity contribution >= 4 is 17.6 Å². The van der Waals surface area contributed by atoms with Gasteiger partial charge in [-0.2, -0.15) is 0 Å². The molecule has 0 bridgehead atoms. The van der Waals surface area contributed by atoms with Crippen LogP contribution in [0.5, 0.6) is 5.75 Å². The number of carbonyl (C=O) groups excluding carboxylic acids is 1. The molecule has 0 unspecified atom stereocenters. The molecule has 0 saturated carbocycles. The lowest BCUT2D eigenvalue weighted by atomic mass is 10.1. The van der Waals surface area contributed by atoms with Crippen molar-refractivity contribution in [3.05, 3.63) is 30.5 Å². The van der Waals surface area contributed by atoms with Gasteiger partial charge in [-0.25, -0.2) is 14.8 Å². The number of ether oxygens (including phenoxy) is 2. The summed E-state index contributed by atoms with van der Waals surface area (Å²) in [5.74, 6) is 0.295. The van der Waals surface area contributed by atoms with Crippen molar-refractivity contribution in [2.24, 2.45) is 0 Å². The number of nitrogens with two attached hydrogens (primary N) is 2. The van der Waals surface area contributed by atoms with E-state index in [1.54, 1.807) is 31.2 Å². The van der Waals surface area contributed by atoms with Crippen LogP contribution in [0.15, 0.2) is 30.5 Å². The molecule has 7 nitrogen and oxygen atoms in total. The molecule has 0 saturated heterocycles. The molecule has 0 aliphatic heterocycles. The highest BCUT2D eigenvalue weighted by Crippen LogP contribution is 2.25. The minimum absolute atomic E-state index is 0.129. The molecular formula is C14H16N4O3. The van der Waals surface area contributed by atoms with Gasteiger partial charge in [-0.15, -0.1) is 0 Å². The van der Waals surface area contributed by atoms with Crippen LogP contribution in [0.4, 0.5) is 11.6 Å². The van der Waals surface area contributed by atoms with Crippen LogP contribution in [0.1, 0.15) is 6.92 Å². The molecule has 2 rings (SSSR count). The maximum absolute atomic E-state index is 11.2. The van der Waals surface area contributed by atoms with E-state index >= 15 is 0 Å². The zero-order valence-electron chi connectivity index (χ0n) is 11.6. The number of carbonyl (C=O) groups is 1. The van der Waals surface area contributed by atoms with Crippen molar-refractivity contribution in [3.63, 3.8) is 0 Å². The molecule has 0 aliphatic carbocycles. The van der Waals surface area contributed by atoms with E-state index < -0.39 is 5.97 Å². The summed E-state index contributed by atoms with van der Waals surface area (Å²) in [6, 6.07) is 6.98. The highest BCUT2D eigenvalue weighted by atomic mass is 16.6. The minimum atomic E-state index is -0.408. The van der Waals surface area contributed by atoms with Gasteiger partial charge in [0.2, 0.25) is 5.95 Å². The predicted octanol–water partition coefficient (Wildman–Crippen LogP) is 1.25. The quantitative estimate of drug-likeness (QED) is 0.796. The summed E-state index contributed by atoms with van der Waals surface area (Å²) in [5, 5.41) is 0. The smallest absolute Gasteiger partial charge is 0.344 e. The second-order valence-corrected chi connectivity index (χ2v) is 4.15. The van der Waals surface area contributed by atoms with Gasteiger partial charge in [0.05, 0.1) is 24.2 Å².